The van der Waals surface area contributed by atoms with E-state index in [9.17, 15) is 5.11 Å². The highest BCUT2D eigenvalue weighted by Crippen LogP contribution is 2.39. The normalized spacial score (nSPS) is 23.9. The molecule has 0 spiro atoms. The van der Waals surface area contributed by atoms with Crippen molar-refractivity contribution in [1.82, 2.24) is 15.1 Å². The molecule has 21 heavy (non-hydrogen) atoms. The van der Waals surface area contributed by atoms with Crippen LogP contribution in [0.4, 0.5) is 0 Å². The highest BCUT2D eigenvalue weighted by atomic mass is 16.3. The molecule has 2 aliphatic rings. The second-order valence-electron chi connectivity index (χ2n) is 6.22. The van der Waals surface area contributed by atoms with Gasteiger partial charge in [0.05, 0.1) is 6.20 Å². The van der Waals surface area contributed by atoms with Crippen LogP contribution < -0.4 is 5.32 Å². The minimum atomic E-state index is 0.350. The SMILES string of the molecule is Cn1ncc2c1CCCC2NC1CCc2c(O)cccc21. The van der Waals surface area contributed by atoms with Crippen molar-refractivity contribution < 1.29 is 5.11 Å². The van der Waals surface area contributed by atoms with E-state index in [1.807, 2.05) is 24.0 Å². The molecular formula is C17H21N3O. The molecule has 2 N–H and O–H groups in total. The molecule has 0 bridgehead atoms. The van der Waals surface area contributed by atoms with Crippen molar-refractivity contribution in [2.45, 2.75) is 44.2 Å². The van der Waals surface area contributed by atoms with Gasteiger partial charge < -0.3 is 10.4 Å². The minimum Gasteiger partial charge on any atom is -0.508 e. The lowest BCUT2D eigenvalue weighted by Gasteiger charge is -2.27. The number of aromatic hydroxyl groups is 1. The molecule has 0 amide bonds. The first kappa shape index (κ1) is 12.9. The molecule has 4 heteroatoms. The highest BCUT2D eigenvalue weighted by Gasteiger charge is 2.30. The maximum Gasteiger partial charge on any atom is 0.119 e. The van der Waals surface area contributed by atoms with Gasteiger partial charge in [0, 0.05) is 30.4 Å². The molecule has 2 unspecified atom stereocenters. The second kappa shape index (κ2) is 4.88. The molecule has 4 nitrogen and oxygen atoms in total. The van der Waals surface area contributed by atoms with Crippen molar-refractivity contribution in [2.24, 2.45) is 7.05 Å². The smallest absolute Gasteiger partial charge is 0.119 e. The summed E-state index contributed by atoms with van der Waals surface area (Å²) in [5.41, 5.74) is 5.12. The fraction of sp³-hybridized carbons (Fsp3) is 0.471. The van der Waals surface area contributed by atoms with Gasteiger partial charge in [-0.15, -0.1) is 0 Å². The van der Waals surface area contributed by atoms with E-state index in [4.69, 9.17) is 0 Å². The van der Waals surface area contributed by atoms with Gasteiger partial charge in [-0.1, -0.05) is 12.1 Å². The Balaban J connectivity index is 1.61. The first-order valence-electron chi connectivity index (χ1n) is 7.81. The highest BCUT2D eigenvalue weighted by molar-refractivity contribution is 5.44. The Morgan fingerprint density at radius 2 is 2.05 bits per heavy atom. The van der Waals surface area contributed by atoms with Crippen LogP contribution in [-0.2, 0) is 19.9 Å². The van der Waals surface area contributed by atoms with Gasteiger partial charge in [0.25, 0.3) is 0 Å². The summed E-state index contributed by atoms with van der Waals surface area (Å²) in [6, 6.07) is 6.63. The third-order valence-electron chi connectivity index (χ3n) is 5.02. The molecule has 2 atom stereocenters. The number of phenolic OH excluding ortho intramolecular Hbond substituents is 1. The molecule has 0 saturated carbocycles. The first-order valence-corrected chi connectivity index (χ1v) is 7.81. The summed E-state index contributed by atoms with van der Waals surface area (Å²) in [5, 5.41) is 18.2. The third-order valence-corrected chi connectivity index (χ3v) is 5.02. The number of rotatable bonds is 2. The predicted octanol–water partition coefficient (Wildman–Crippen LogP) is 2.78. The van der Waals surface area contributed by atoms with E-state index in [1.165, 1.54) is 29.7 Å². The average Bonchev–Trinajstić information content (AvgIpc) is 3.06. The number of benzene rings is 1. The number of aromatic nitrogens is 2. The predicted molar refractivity (Wildman–Crippen MR) is 81.2 cm³/mol. The monoisotopic (exact) mass is 283 g/mol. The van der Waals surface area contributed by atoms with Crippen LogP contribution in [0.25, 0.3) is 0 Å². The van der Waals surface area contributed by atoms with Crippen LogP contribution in [0, 0.1) is 0 Å². The molecule has 4 rings (SSSR count). The Labute approximate surface area is 124 Å². The lowest BCUT2D eigenvalue weighted by atomic mass is 9.92. The molecule has 2 aliphatic carbocycles. The zero-order valence-corrected chi connectivity index (χ0v) is 12.3. The standard InChI is InChI=1S/C17H21N3O/c1-20-16-6-3-5-14(13(16)10-18-20)19-15-9-8-12-11(15)4-2-7-17(12)21/h2,4,7,10,14-15,19,21H,3,5-6,8-9H2,1H3. The summed E-state index contributed by atoms with van der Waals surface area (Å²) in [4.78, 5) is 0. The number of nitrogens with one attached hydrogen (secondary N) is 1. The van der Waals surface area contributed by atoms with Crippen LogP contribution in [0.5, 0.6) is 5.75 Å². The largest absolute Gasteiger partial charge is 0.508 e. The fourth-order valence-corrected chi connectivity index (χ4v) is 3.93. The maximum atomic E-state index is 9.97. The molecule has 0 radical (unpaired) electrons. The lowest BCUT2D eigenvalue weighted by Crippen LogP contribution is -2.28. The van der Waals surface area contributed by atoms with Gasteiger partial charge in [-0.3, -0.25) is 4.68 Å². The summed E-state index contributed by atoms with van der Waals surface area (Å²) < 4.78 is 2.01. The van der Waals surface area contributed by atoms with Gasteiger partial charge in [0.1, 0.15) is 5.75 Å². The van der Waals surface area contributed by atoms with Crippen LogP contribution in [0.3, 0.4) is 0 Å². The van der Waals surface area contributed by atoms with Crippen molar-refractivity contribution in [3.63, 3.8) is 0 Å². The van der Waals surface area contributed by atoms with Crippen LogP contribution >= 0.6 is 0 Å². The molecule has 0 fully saturated rings. The topological polar surface area (TPSA) is 50.1 Å². The summed E-state index contributed by atoms with van der Waals surface area (Å²) >= 11 is 0. The number of hydrogen-bond donors (Lipinski definition) is 2. The van der Waals surface area contributed by atoms with Crippen LogP contribution in [-0.4, -0.2) is 14.9 Å². The molecule has 2 aromatic rings. The Morgan fingerprint density at radius 3 is 2.95 bits per heavy atom. The van der Waals surface area contributed by atoms with Gasteiger partial charge >= 0.3 is 0 Å². The average molecular weight is 283 g/mol. The first-order chi connectivity index (χ1) is 10.2. The Kier molecular flexibility index (Phi) is 3.00. The number of nitrogens with zero attached hydrogens (tertiary/aromatic N) is 2. The maximum absolute atomic E-state index is 9.97. The van der Waals surface area contributed by atoms with E-state index < -0.39 is 0 Å². The van der Waals surface area contributed by atoms with Crippen LogP contribution in [0.15, 0.2) is 24.4 Å². The van der Waals surface area contributed by atoms with Gasteiger partial charge in [-0.25, -0.2) is 0 Å². The Morgan fingerprint density at radius 1 is 1.19 bits per heavy atom. The summed E-state index contributed by atoms with van der Waals surface area (Å²) in [7, 11) is 2.03. The summed E-state index contributed by atoms with van der Waals surface area (Å²) in [5.74, 6) is 0.447. The number of hydrogen-bond acceptors (Lipinski definition) is 3. The van der Waals surface area contributed by atoms with E-state index in [2.05, 4.69) is 16.5 Å². The van der Waals surface area contributed by atoms with Gasteiger partial charge in [-0.05, 0) is 49.3 Å². The number of fused-ring (bicyclic) bond motifs is 2. The van der Waals surface area contributed by atoms with E-state index in [0.29, 0.717) is 17.8 Å². The Bertz CT molecular complexity index is 677. The van der Waals surface area contributed by atoms with E-state index >= 15 is 0 Å². The second-order valence-corrected chi connectivity index (χ2v) is 6.22. The van der Waals surface area contributed by atoms with E-state index in [-0.39, 0.29) is 0 Å². The molecule has 1 aromatic carbocycles. The van der Waals surface area contributed by atoms with E-state index in [1.54, 1.807) is 6.07 Å². The quantitative estimate of drug-likeness (QED) is 0.891. The Hall–Kier alpha value is -1.81. The molecule has 0 aliphatic heterocycles. The summed E-state index contributed by atoms with van der Waals surface area (Å²) in [6.07, 6.45) is 7.56. The third kappa shape index (κ3) is 2.05. The molecule has 1 aromatic heterocycles. The zero-order chi connectivity index (χ0) is 14.4. The van der Waals surface area contributed by atoms with Gasteiger partial charge in [-0.2, -0.15) is 5.10 Å². The molecule has 1 heterocycles. The van der Waals surface area contributed by atoms with Crippen molar-refractivity contribution in [1.29, 1.82) is 0 Å². The van der Waals surface area contributed by atoms with Gasteiger partial charge in [0.2, 0.25) is 0 Å². The number of phenols is 1. The van der Waals surface area contributed by atoms with E-state index in [0.717, 1.165) is 24.8 Å². The molecule has 0 saturated heterocycles. The minimum absolute atomic E-state index is 0.350. The summed E-state index contributed by atoms with van der Waals surface area (Å²) in [6.45, 7) is 0. The van der Waals surface area contributed by atoms with Crippen molar-refractivity contribution in [3.05, 3.63) is 46.8 Å². The van der Waals surface area contributed by atoms with Crippen molar-refractivity contribution in [3.8, 4) is 5.75 Å². The van der Waals surface area contributed by atoms with Gasteiger partial charge in [0.15, 0.2) is 0 Å². The number of aryl methyl sites for hydroxylation is 1. The van der Waals surface area contributed by atoms with Crippen molar-refractivity contribution >= 4 is 0 Å². The van der Waals surface area contributed by atoms with Crippen molar-refractivity contribution in [2.75, 3.05) is 0 Å². The zero-order valence-electron chi connectivity index (χ0n) is 12.3. The van der Waals surface area contributed by atoms with Crippen LogP contribution in [0.2, 0.25) is 0 Å². The fourth-order valence-electron chi connectivity index (χ4n) is 3.93. The van der Waals surface area contributed by atoms with Crippen LogP contribution in [0.1, 0.15) is 53.7 Å². The molecule has 110 valence electrons. The lowest BCUT2D eigenvalue weighted by molar-refractivity contribution is 0.395. The molecular weight excluding hydrogens is 262 g/mol.